The SMILES string of the molecule is CO[C@@H]1OC[C@H](Cl)[C@@H](O)[C@@H]1OS(C)(=O)=O. The van der Waals surface area contributed by atoms with Crippen LogP contribution in [0.25, 0.3) is 0 Å². The van der Waals surface area contributed by atoms with Crippen LogP contribution in [0.5, 0.6) is 0 Å². The van der Waals surface area contributed by atoms with E-state index in [1.165, 1.54) is 7.11 Å². The van der Waals surface area contributed by atoms with E-state index < -0.39 is 34.0 Å². The van der Waals surface area contributed by atoms with Gasteiger partial charge in [-0.1, -0.05) is 0 Å². The maximum atomic E-state index is 10.9. The molecular weight excluding hydrogens is 248 g/mol. The maximum absolute atomic E-state index is 10.9. The predicted molar refractivity (Wildman–Crippen MR) is 52.1 cm³/mol. The Labute approximate surface area is 93.2 Å². The van der Waals surface area contributed by atoms with E-state index in [2.05, 4.69) is 4.18 Å². The smallest absolute Gasteiger partial charge is 0.264 e. The van der Waals surface area contributed by atoms with Crippen molar-refractivity contribution in [2.75, 3.05) is 20.0 Å². The molecule has 4 atom stereocenters. The van der Waals surface area contributed by atoms with Crippen molar-refractivity contribution in [1.82, 2.24) is 0 Å². The summed E-state index contributed by atoms with van der Waals surface area (Å²) >= 11 is 5.71. The third-order valence-corrected chi connectivity index (χ3v) is 2.87. The zero-order valence-corrected chi connectivity index (χ0v) is 9.86. The summed E-state index contributed by atoms with van der Waals surface area (Å²) in [7, 11) is -2.38. The molecule has 0 spiro atoms. The average molecular weight is 261 g/mol. The standard InChI is InChI=1S/C7H13ClO6S/c1-12-7-6(14-15(2,10)11)5(9)4(8)3-13-7/h4-7,9H,3H2,1-2H3/t4-,5+,6-,7+/m0/s1. The van der Waals surface area contributed by atoms with Crippen molar-refractivity contribution >= 4 is 21.7 Å². The number of hydrogen-bond donors (Lipinski definition) is 1. The number of methoxy groups -OCH3 is 1. The fraction of sp³-hybridized carbons (Fsp3) is 1.00. The van der Waals surface area contributed by atoms with E-state index in [-0.39, 0.29) is 6.61 Å². The highest BCUT2D eigenvalue weighted by Gasteiger charge is 2.41. The van der Waals surface area contributed by atoms with Gasteiger partial charge in [-0.15, -0.1) is 11.6 Å². The molecule has 1 rings (SSSR count). The van der Waals surface area contributed by atoms with Gasteiger partial charge >= 0.3 is 0 Å². The molecule has 1 fully saturated rings. The van der Waals surface area contributed by atoms with Gasteiger partial charge < -0.3 is 14.6 Å². The third kappa shape index (κ3) is 3.54. The largest absolute Gasteiger partial charge is 0.389 e. The Balaban J connectivity index is 2.78. The monoisotopic (exact) mass is 260 g/mol. The Hall–Kier alpha value is 0.0800. The Morgan fingerprint density at radius 1 is 1.53 bits per heavy atom. The molecular formula is C7H13ClO6S. The predicted octanol–water partition coefficient (Wildman–Crippen LogP) is -0.698. The van der Waals surface area contributed by atoms with Crippen LogP contribution in [-0.2, 0) is 23.8 Å². The molecule has 0 radical (unpaired) electrons. The molecule has 15 heavy (non-hydrogen) atoms. The summed E-state index contributed by atoms with van der Waals surface area (Å²) < 4.78 is 36.4. The lowest BCUT2D eigenvalue weighted by atomic mass is 10.1. The number of hydrogen-bond acceptors (Lipinski definition) is 6. The molecule has 0 saturated carbocycles. The molecule has 0 amide bonds. The van der Waals surface area contributed by atoms with Crippen LogP contribution < -0.4 is 0 Å². The number of aliphatic hydroxyl groups excluding tert-OH is 1. The van der Waals surface area contributed by atoms with Crippen molar-refractivity contribution in [3.63, 3.8) is 0 Å². The van der Waals surface area contributed by atoms with Gasteiger partial charge in [0.15, 0.2) is 12.4 Å². The van der Waals surface area contributed by atoms with E-state index in [0.29, 0.717) is 0 Å². The molecule has 0 bridgehead atoms. The van der Waals surface area contributed by atoms with Gasteiger partial charge in [0, 0.05) is 7.11 Å². The van der Waals surface area contributed by atoms with Crippen LogP contribution in [0.3, 0.4) is 0 Å². The maximum Gasteiger partial charge on any atom is 0.264 e. The topological polar surface area (TPSA) is 82.1 Å². The van der Waals surface area contributed by atoms with E-state index in [1.54, 1.807) is 0 Å². The molecule has 0 unspecified atom stereocenters. The van der Waals surface area contributed by atoms with E-state index >= 15 is 0 Å². The van der Waals surface area contributed by atoms with Crippen molar-refractivity contribution in [3.05, 3.63) is 0 Å². The molecule has 0 aromatic carbocycles. The van der Waals surface area contributed by atoms with Gasteiger partial charge in [0.1, 0.15) is 6.10 Å². The van der Waals surface area contributed by atoms with E-state index in [9.17, 15) is 13.5 Å². The first kappa shape index (κ1) is 13.1. The third-order valence-electron chi connectivity index (χ3n) is 1.91. The van der Waals surface area contributed by atoms with Gasteiger partial charge in [0.25, 0.3) is 10.1 Å². The van der Waals surface area contributed by atoms with Crippen LogP contribution in [0.1, 0.15) is 0 Å². The molecule has 1 heterocycles. The quantitative estimate of drug-likeness (QED) is 0.534. The normalized spacial score (nSPS) is 37.9. The van der Waals surface area contributed by atoms with E-state index in [1.807, 2.05) is 0 Å². The van der Waals surface area contributed by atoms with Crippen LogP contribution in [0.4, 0.5) is 0 Å². The highest BCUT2D eigenvalue weighted by Crippen LogP contribution is 2.23. The van der Waals surface area contributed by atoms with Gasteiger partial charge in [-0.3, -0.25) is 4.18 Å². The molecule has 1 aliphatic rings. The summed E-state index contributed by atoms with van der Waals surface area (Å²) in [6.07, 6.45) is -2.35. The highest BCUT2D eigenvalue weighted by atomic mass is 35.5. The Morgan fingerprint density at radius 3 is 2.60 bits per heavy atom. The summed E-state index contributed by atoms with van der Waals surface area (Å²) in [6.45, 7) is 0.0743. The average Bonchev–Trinajstić information content (AvgIpc) is 2.11. The first-order valence-electron chi connectivity index (χ1n) is 4.20. The minimum Gasteiger partial charge on any atom is -0.389 e. The van der Waals surface area contributed by atoms with Crippen molar-refractivity contribution in [2.24, 2.45) is 0 Å². The molecule has 1 saturated heterocycles. The van der Waals surface area contributed by atoms with Crippen LogP contribution in [0.15, 0.2) is 0 Å². The number of ether oxygens (including phenoxy) is 2. The first-order valence-corrected chi connectivity index (χ1v) is 6.45. The van der Waals surface area contributed by atoms with Gasteiger partial charge in [-0.25, -0.2) is 0 Å². The lowest BCUT2D eigenvalue weighted by Crippen LogP contribution is -2.53. The lowest BCUT2D eigenvalue weighted by molar-refractivity contribution is -0.221. The Morgan fingerprint density at radius 2 is 2.13 bits per heavy atom. The van der Waals surface area contributed by atoms with Crippen molar-refractivity contribution in [3.8, 4) is 0 Å². The summed E-state index contributed by atoms with van der Waals surface area (Å²) in [4.78, 5) is 0. The van der Waals surface area contributed by atoms with Crippen molar-refractivity contribution in [1.29, 1.82) is 0 Å². The number of aliphatic hydroxyl groups is 1. The van der Waals surface area contributed by atoms with Crippen LogP contribution in [-0.4, -0.2) is 57.4 Å². The Kier molecular flexibility index (Phi) is 4.33. The van der Waals surface area contributed by atoms with E-state index in [0.717, 1.165) is 6.26 Å². The van der Waals surface area contributed by atoms with Gasteiger partial charge in [-0.05, 0) is 0 Å². The summed E-state index contributed by atoms with van der Waals surface area (Å²) in [6, 6.07) is 0. The van der Waals surface area contributed by atoms with Gasteiger partial charge in [0.2, 0.25) is 0 Å². The fourth-order valence-corrected chi connectivity index (χ4v) is 2.08. The lowest BCUT2D eigenvalue weighted by Gasteiger charge is -2.35. The summed E-state index contributed by atoms with van der Waals surface area (Å²) in [5.41, 5.74) is 0. The zero-order valence-electron chi connectivity index (χ0n) is 8.29. The molecule has 0 aromatic rings. The second-order valence-corrected chi connectivity index (χ2v) is 5.37. The number of halogens is 1. The molecule has 0 aromatic heterocycles. The van der Waals surface area contributed by atoms with Gasteiger partial charge in [0.05, 0.1) is 18.2 Å². The highest BCUT2D eigenvalue weighted by molar-refractivity contribution is 7.86. The molecule has 0 aliphatic carbocycles. The molecule has 1 N–H and O–H groups in total. The van der Waals surface area contributed by atoms with Crippen LogP contribution in [0.2, 0.25) is 0 Å². The number of rotatable bonds is 3. The van der Waals surface area contributed by atoms with Crippen LogP contribution >= 0.6 is 11.6 Å². The second kappa shape index (κ2) is 4.94. The minimum absolute atomic E-state index is 0.0743. The molecule has 1 aliphatic heterocycles. The zero-order chi connectivity index (χ0) is 11.6. The van der Waals surface area contributed by atoms with Gasteiger partial charge in [-0.2, -0.15) is 8.42 Å². The Bertz CT molecular complexity index is 303. The van der Waals surface area contributed by atoms with Crippen molar-refractivity contribution in [2.45, 2.75) is 23.9 Å². The molecule has 6 nitrogen and oxygen atoms in total. The van der Waals surface area contributed by atoms with Crippen LogP contribution in [0, 0.1) is 0 Å². The second-order valence-electron chi connectivity index (χ2n) is 3.21. The molecule has 8 heteroatoms. The van der Waals surface area contributed by atoms with E-state index in [4.69, 9.17) is 21.1 Å². The molecule has 90 valence electrons. The fourth-order valence-electron chi connectivity index (χ4n) is 1.25. The summed E-state index contributed by atoms with van der Waals surface area (Å²) in [5.74, 6) is 0. The number of alkyl halides is 1. The summed E-state index contributed by atoms with van der Waals surface area (Å²) in [5, 5.41) is 8.90. The van der Waals surface area contributed by atoms with Crippen molar-refractivity contribution < 1.29 is 27.2 Å². The first-order chi connectivity index (χ1) is 6.85. The minimum atomic E-state index is -3.70.